The standard InChI is InChI=1S/C16H11ClF3N3O/c1-9-8-23-5-4-10(6-14(23)21-9)15(24)22-11-2-3-13(17)12(7-11)16(18,19)20/h2-8H,1H3,(H,22,24). The van der Waals surface area contributed by atoms with Crippen LogP contribution in [0.2, 0.25) is 5.02 Å². The molecule has 3 aromatic rings. The van der Waals surface area contributed by atoms with Crippen molar-refractivity contribution in [2.75, 3.05) is 5.32 Å². The van der Waals surface area contributed by atoms with Crippen molar-refractivity contribution in [3.8, 4) is 0 Å². The zero-order chi connectivity index (χ0) is 17.5. The van der Waals surface area contributed by atoms with Crippen LogP contribution in [0, 0.1) is 6.92 Å². The summed E-state index contributed by atoms with van der Waals surface area (Å²) in [7, 11) is 0. The minimum Gasteiger partial charge on any atom is -0.322 e. The van der Waals surface area contributed by atoms with Gasteiger partial charge < -0.3 is 9.72 Å². The summed E-state index contributed by atoms with van der Waals surface area (Å²) in [5.74, 6) is -0.534. The zero-order valence-corrected chi connectivity index (χ0v) is 13.1. The van der Waals surface area contributed by atoms with Gasteiger partial charge in [-0.15, -0.1) is 0 Å². The molecule has 3 rings (SSSR count). The monoisotopic (exact) mass is 353 g/mol. The van der Waals surface area contributed by atoms with E-state index in [4.69, 9.17) is 11.6 Å². The van der Waals surface area contributed by atoms with Crippen LogP contribution in [0.1, 0.15) is 21.6 Å². The molecule has 0 unspecified atom stereocenters. The molecule has 0 saturated heterocycles. The molecule has 4 nitrogen and oxygen atoms in total. The summed E-state index contributed by atoms with van der Waals surface area (Å²) in [6, 6.07) is 6.33. The molecule has 1 aromatic carbocycles. The van der Waals surface area contributed by atoms with Crippen molar-refractivity contribution in [3.05, 3.63) is 64.6 Å². The second-order valence-electron chi connectivity index (χ2n) is 5.21. The lowest BCUT2D eigenvalue weighted by Gasteiger charge is -2.12. The predicted molar refractivity (Wildman–Crippen MR) is 84.3 cm³/mol. The van der Waals surface area contributed by atoms with Gasteiger partial charge in [-0.05, 0) is 37.3 Å². The maximum atomic E-state index is 12.9. The Morgan fingerprint density at radius 1 is 1.25 bits per heavy atom. The quantitative estimate of drug-likeness (QED) is 0.733. The fraction of sp³-hybridized carbons (Fsp3) is 0.125. The van der Waals surface area contributed by atoms with Crippen molar-refractivity contribution in [1.82, 2.24) is 9.38 Å². The van der Waals surface area contributed by atoms with Crippen LogP contribution >= 0.6 is 11.6 Å². The highest BCUT2D eigenvalue weighted by molar-refractivity contribution is 6.31. The van der Waals surface area contributed by atoms with Crippen LogP contribution in [0.3, 0.4) is 0 Å². The Morgan fingerprint density at radius 3 is 2.71 bits per heavy atom. The predicted octanol–water partition coefficient (Wildman–Crippen LogP) is 4.57. The van der Waals surface area contributed by atoms with Crippen LogP contribution in [-0.4, -0.2) is 15.3 Å². The Morgan fingerprint density at radius 2 is 2.00 bits per heavy atom. The molecule has 0 spiro atoms. The summed E-state index contributed by atoms with van der Waals surface area (Å²) in [6.45, 7) is 1.82. The van der Waals surface area contributed by atoms with Crippen molar-refractivity contribution in [2.24, 2.45) is 0 Å². The van der Waals surface area contributed by atoms with Crippen molar-refractivity contribution in [1.29, 1.82) is 0 Å². The smallest absolute Gasteiger partial charge is 0.322 e. The average Bonchev–Trinajstić information content (AvgIpc) is 2.87. The topological polar surface area (TPSA) is 46.4 Å². The van der Waals surface area contributed by atoms with E-state index in [-0.39, 0.29) is 11.3 Å². The van der Waals surface area contributed by atoms with E-state index in [1.54, 1.807) is 28.9 Å². The third-order valence-corrected chi connectivity index (χ3v) is 3.70. The number of fused-ring (bicyclic) bond motifs is 1. The molecule has 0 atom stereocenters. The fourth-order valence-corrected chi connectivity index (χ4v) is 2.50. The van der Waals surface area contributed by atoms with E-state index >= 15 is 0 Å². The third kappa shape index (κ3) is 3.21. The number of benzene rings is 1. The van der Waals surface area contributed by atoms with Crippen LogP contribution in [0.5, 0.6) is 0 Å². The van der Waals surface area contributed by atoms with Gasteiger partial charge in [-0.3, -0.25) is 4.79 Å². The summed E-state index contributed by atoms with van der Waals surface area (Å²) < 4.78 is 40.3. The Bertz CT molecular complexity index is 934. The van der Waals surface area contributed by atoms with Crippen LogP contribution in [0.4, 0.5) is 18.9 Å². The number of aromatic nitrogens is 2. The minimum atomic E-state index is -4.59. The van der Waals surface area contributed by atoms with Crippen molar-refractivity contribution in [3.63, 3.8) is 0 Å². The van der Waals surface area contributed by atoms with Crippen LogP contribution in [0.15, 0.2) is 42.7 Å². The lowest BCUT2D eigenvalue weighted by atomic mass is 10.1. The largest absolute Gasteiger partial charge is 0.417 e. The Balaban J connectivity index is 1.88. The van der Waals surface area contributed by atoms with Gasteiger partial charge in [-0.1, -0.05) is 11.6 Å². The first-order chi connectivity index (χ1) is 11.2. The van der Waals surface area contributed by atoms with Crippen molar-refractivity contribution in [2.45, 2.75) is 13.1 Å². The van der Waals surface area contributed by atoms with E-state index in [2.05, 4.69) is 10.3 Å². The molecule has 1 N–H and O–H groups in total. The molecule has 0 saturated carbocycles. The average molecular weight is 354 g/mol. The Labute approximate surface area is 139 Å². The second-order valence-corrected chi connectivity index (χ2v) is 5.62. The number of alkyl halides is 3. The van der Waals surface area contributed by atoms with Gasteiger partial charge in [0.05, 0.1) is 16.3 Å². The minimum absolute atomic E-state index is 0.0103. The number of nitrogens with zero attached hydrogens (tertiary/aromatic N) is 2. The van der Waals surface area contributed by atoms with E-state index in [0.717, 1.165) is 17.8 Å². The van der Waals surface area contributed by atoms with Crippen LogP contribution < -0.4 is 5.32 Å². The molecule has 124 valence electrons. The molecule has 0 radical (unpaired) electrons. The Kier molecular flexibility index (Phi) is 3.96. The number of rotatable bonds is 2. The number of amides is 1. The number of carbonyl (C=O) groups excluding carboxylic acids is 1. The number of pyridine rings is 1. The number of halogens is 4. The number of nitrogens with one attached hydrogen (secondary N) is 1. The van der Waals surface area contributed by atoms with E-state index in [9.17, 15) is 18.0 Å². The number of hydrogen-bond acceptors (Lipinski definition) is 2. The molecule has 2 aromatic heterocycles. The highest BCUT2D eigenvalue weighted by Gasteiger charge is 2.33. The third-order valence-electron chi connectivity index (χ3n) is 3.37. The second kappa shape index (κ2) is 5.83. The number of imidazole rings is 1. The van der Waals surface area contributed by atoms with Gasteiger partial charge in [-0.25, -0.2) is 4.98 Å². The normalized spacial score (nSPS) is 11.7. The molecule has 0 fully saturated rings. The SMILES string of the molecule is Cc1cn2ccc(C(=O)Nc3ccc(Cl)c(C(F)(F)F)c3)cc2n1. The Hall–Kier alpha value is -2.54. The van der Waals surface area contributed by atoms with Crippen molar-refractivity contribution >= 4 is 28.8 Å². The van der Waals surface area contributed by atoms with Gasteiger partial charge in [0.25, 0.3) is 5.91 Å². The number of hydrogen-bond donors (Lipinski definition) is 1. The van der Waals surface area contributed by atoms with E-state index in [1.165, 1.54) is 6.07 Å². The molecule has 1 amide bonds. The van der Waals surface area contributed by atoms with Gasteiger partial charge in [-0.2, -0.15) is 13.2 Å². The zero-order valence-electron chi connectivity index (χ0n) is 12.4. The summed E-state index contributed by atoms with van der Waals surface area (Å²) in [5, 5.41) is 2.01. The molecule has 8 heteroatoms. The van der Waals surface area contributed by atoms with E-state index in [1.807, 2.05) is 6.92 Å². The summed E-state index contributed by atoms with van der Waals surface area (Å²) in [4.78, 5) is 16.5. The summed E-state index contributed by atoms with van der Waals surface area (Å²) >= 11 is 5.56. The van der Waals surface area contributed by atoms with Crippen LogP contribution in [0.25, 0.3) is 5.65 Å². The van der Waals surface area contributed by atoms with Gasteiger partial charge in [0.15, 0.2) is 0 Å². The molecule has 0 aliphatic heterocycles. The molecule has 2 heterocycles. The van der Waals surface area contributed by atoms with Gasteiger partial charge in [0, 0.05) is 23.6 Å². The van der Waals surface area contributed by atoms with Gasteiger partial charge in [0.2, 0.25) is 0 Å². The first-order valence-corrected chi connectivity index (χ1v) is 7.25. The molecule has 0 aliphatic rings. The first kappa shape index (κ1) is 16.3. The summed E-state index contributed by atoms with van der Waals surface area (Å²) in [6.07, 6.45) is -1.14. The lowest BCUT2D eigenvalue weighted by molar-refractivity contribution is -0.137. The highest BCUT2D eigenvalue weighted by Crippen LogP contribution is 2.36. The van der Waals surface area contributed by atoms with Gasteiger partial charge in [0.1, 0.15) is 5.65 Å². The maximum Gasteiger partial charge on any atom is 0.417 e. The number of carbonyl (C=O) groups is 1. The molecule has 0 aliphatic carbocycles. The summed E-state index contributed by atoms with van der Waals surface area (Å²) in [5.41, 5.74) is 0.668. The van der Waals surface area contributed by atoms with Crippen LogP contribution in [-0.2, 0) is 6.18 Å². The fourth-order valence-electron chi connectivity index (χ4n) is 2.27. The lowest BCUT2D eigenvalue weighted by Crippen LogP contribution is -2.13. The van der Waals surface area contributed by atoms with Crippen molar-refractivity contribution < 1.29 is 18.0 Å². The van der Waals surface area contributed by atoms with E-state index < -0.39 is 22.7 Å². The molecule has 0 bridgehead atoms. The first-order valence-electron chi connectivity index (χ1n) is 6.87. The van der Waals surface area contributed by atoms with Gasteiger partial charge >= 0.3 is 6.18 Å². The number of aryl methyl sites for hydroxylation is 1. The van der Waals surface area contributed by atoms with E-state index in [0.29, 0.717) is 5.65 Å². The number of anilines is 1. The molecule has 24 heavy (non-hydrogen) atoms. The molecular weight excluding hydrogens is 343 g/mol. The highest BCUT2D eigenvalue weighted by atomic mass is 35.5. The maximum absolute atomic E-state index is 12.9. The molecular formula is C16H11ClF3N3O.